The second-order valence-electron chi connectivity index (χ2n) is 5.09. The van der Waals surface area contributed by atoms with Crippen LogP contribution >= 0.6 is 0 Å². The number of methoxy groups -OCH3 is 1. The van der Waals surface area contributed by atoms with Crippen LogP contribution in [-0.2, 0) is 21.4 Å². The van der Waals surface area contributed by atoms with Gasteiger partial charge in [0, 0.05) is 20.2 Å². The first-order valence-corrected chi connectivity index (χ1v) is 8.21. The summed E-state index contributed by atoms with van der Waals surface area (Å²) < 4.78 is 32.0. The molecule has 2 rings (SSSR count). The zero-order valence-electron chi connectivity index (χ0n) is 11.7. The van der Waals surface area contributed by atoms with Crippen molar-refractivity contribution in [3.8, 4) is 0 Å². The number of ether oxygens (including phenoxy) is 1. The molecule has 5 nitrogen and oxygen atoms in total. The smallest absolute Gasteiger partial charge is 0.243 e. The van der Waals surface area contributed by atoms with Gasteiger partial charge in [-0.25, -0.2) is 8.42 Å². The van der Waals surface area contributed by atoms with Crippen molar-refractivity contribution in [1.29, 1.82) is 0 Å². The number of rotatable bonds is 5. The van der Waals surface area contributed by atoms with E-state index in [0.29, 0.717) is 25.3 Å². The molecule has 1 saturated heterocycles. The molecule has 0 aromatic heterocycles. The van der Waals surface area contributed by atoms with E-state index in [1.54, 1.807) is 31.4 Å². The highest BCUT2D eigenvalue weighted by Gasteiger charge is 2.31. The molecule has 1 aliphatic rings. The molecule has 6 heteroatoms. The maximum Gasteiger partial charge on any atom is 0.243 e. The second kappa shape index (κ2) is 6.67. The zero-order chi connectivity index (χ0) is 14.6. The summed E-state index contributed by atoms with van der Waals surface area (Å²) in [7, 11) is -1.90. The third-order valence-corrected chi connectivity index (χ3v) is 5.61. The molecule has 0 spiro atoms. The normalized spacial score (nSPS) is 21.0. The van der Waals surface area contributed by atoms with Crippen molar-refractivity contribution in [3.05, 3.63) is 29.8 Å². The van der Waals surface area contributed by atoms with Gasteiger partial charge in [-0.2, -0.15) is 4.31 Å². The lowest BCUT2D eigenvalue weighted by Gasteiger charge is -2.32. The van der Waals surface area contributed by atoms with Crippen molar-refractivity contribution >= 4 is 10.0 Å². The first kappa shape index (κ1) is 15.4. The summed E-state index contributed by atoms with van der Waals surface area (Å²) in [4.78, 5) is 0.209. The molecule has 1 N–H and O–H groups in total. The van der Waals surface area contributed by atoms with E-state index in [9.17, 15) is 13.5 Å². The number of sulfonamides is 1. The monoisotopic (exact) mass is 299 g/mol. The van der Waals surface area contributed by atoms with Crippen LogP contribution in [0.15, 0.2) is 29.2 Å². The molecule has 1 unspecified atom stereocenters. The molecule has 1 aromatic rings. The van der Waals surface area contributed by atoms with Crippen molar-refractivity contribution in [2.75, 3.05) is 26.8 Å². The number of hydrogen-bond donors (Lipinski definition) is 1. The Morgan fingerprint density at radius 3 is 2.85 bits per heavy atom. The Hall–Kier alpha value is -0.950. The van der Waals surface area contributed by atoms with E-state index in [4.69, 9.17) is 4.74 Å². The van der Waals surface area contributed by atoms with Crippen molar-refractivity contribution in [1.82, 2.24) is 4.31 Å². The first-order valence-electron chi connectivity index (χ1n) is 6.77. The molecule has 0 saturated carbocycles. The Morgan fingerprint density at radius 2 is 2.15 bits per heavy atom. The van der Waals surface area contributed by atoms with Crippen molar-refractivity contribution < 1.29 is 18.3 Å². The summed E-state index contributed by atoms with van der Waals surface area (Å²) in [5.74, 6) is 0.241. The number of hydrogen-bond acceptors (Lipinski definition) is 4. The largest absolute Gasteiger partial charge is 0.392 e. The summed E-state index contributed by atoms with van der Waals surface area (Å²) in [5.41, 5.74) is 0.446. The zero-order valence-corrected chi connectivity index (χ0v) is 12.5. The number of aliphatic hydroxyl groups is 1. The summed E-state index contributed by atoms with van der Waals surface area (Å²) in [6.07, 6.45) is 1.83. The molecule has 1 aromatic carbocycles. The molecule has 1 atom stereocenters. The van der Waals surface area contributed by atoms with Gasteiger partial charge in [-0.15, -0.1) is 0 Å². The molecular weight excluding hydrogens is 278 g/mol. The predicted octanol–water partition coefficient (Wildman–Crippen LogP) is 1.23. The first-order chi connectivity index (χ1) is 9.59. The highest BCUT2D eigenvalue weighted by Crippen LogP contribution is 2.25. The molecular formula is C14H21NO4S. The molecule has 0 amide bonds. The van der Waals surface area contributed by atoms with Gasteiger partial charge < -0.3 is 9.84 Å². The van der Waals surface area contributed by atoms with Gasteiger partial charge >= 0.3 is 0 Å². The van der Waals surface area contributed by atoms with Gasteiger partial charge in [0.2, 0.25) is 10.0 Å². The number of nitrogens with zero attached hydrogens (tertiary/aromatic N) is 1. The van der Waals surface area contributed by atoms with Gasteiger partial charge in [0.05, 0.1) is 18.1 Å². The fourth-order valence-electron chi connectivity index (χ4n) is 2.64. The lowest BCUT2D eigenvalue weighted by Crippen LogP contribution is -2.41. The minimum absolute atomic E-state index is 0.209. The van der Waals surface area contributed by atoms with Crippen LogP contribution < -0.4 is 0 Å². The summed E-state index contributed by atoms with van der Waals surface area (Å²) in [5, 5.41) is 9.31. The van der Waals surface area contributed by atoms with Crippen LogP contribution in [0.3, 0.4) is 0 Å². The van der Waals surface area contributed by atoms with Gasteiger partial charge in [-0.05, 0) is 30.4 Å². The lowest BCUT2D eigenvalue weighted by atomic mass is 10.0. The van der Waals surface area contributed by atoms with E-state index in [0.717, 1.165) is 12.8 Å². The minimum atomic E-state index is -3.54. The van der Waals surface area contributed by atoms with Gasteiger partial charge in [0.1, 0.15) is 0 Å². The standard InChI is InChI=1S/C14H21NO4S/c1-19-11-12-5-4-8-15(9-12)20(17,18)14-7-3-2-6-13(14)10-16/h2-3,6-7,12,16H,4-5,8-11H2,1H3. The Morgan fingerprint density at radius 1 is 1.40 bits per heavy atom. The van der Waals surface area contributed by atoms with Crippen LogP contribution in [0.2, 0.25) is 0 Å². The molecule has 1 aliphatic heterocycles. The third-order valence-electron chi connectivity index (χ3n) is 3.64. The van der Waals surface area contributed by atoms with E-state index < -0.39 is 10.0 Å². The van der Waals surface area contributed by atoms with E-state index >= 15 is 0 Å². The Balaban J connectivity index is 2.25. The van der Waals surface area contributed by atoms with Gasteiger partial charge in [0.15, 0.2) is 0 Å². The quantitative estimate of drug-likeness (QED) is 0.888. The van der Waals surface area contributed by atoms with E-state index in [-0.39, 0.29) is 17.4 Å². The second-order valence-corrected chi connectivity index (χ2v) is 7.00. The highest BCUT2D eigenvalue weighted by atomic mass is 32.2. The molecule has 1 fully saturated rings. The lowest BCUT2D eigenvalue weighted by molar-refractivity contribution is 0.118. The molecule has 0 bridgehead atoms. The summed E-state index contributed by atoms with van der Waals surface area (Å²) in [6, 6.07) is 6.61. The molecule has 1 heterocycles. The van der Waals surface area contributed by atoms with Crippen molar-refractivity contribution in [3.63, 3.8) is 0 Å². The average Bonchev–Trinajstić information content (AvgIpc) is 2.48. The Bertz CT molecular complexity index is 542. The SMILES string of the molecule is COCC1CCCN(S(=O)(=O)c2ccccc2CO)C1. The van der Waals surface area contributed by atoms with Gasteiger partial charge in [-0.3, -0.25) is 0 Å². The van der Waals surface area contributed by atoms with Crippen LogP contribution in [0.5, 0.6) is 0 Å². The van der Waals surface area contributed by atoms with Crippen LogP contribution in [0.4, 0.5) is 0 Å². The number of piperidine rings is 1. The van der Waals surface area contributed by atoms with Gasteiger partial charge in [0.25, 0.3) is 0 Å². The minimum Gasteiger partial charge on any atom is -0.392 e. The predicted molar refractivity (Wildman–Crippen MR) is 75.7 cm³/mol. The topological polar surface area (TPSA) is 66.8 Å². The van der Waals surface area contributed by atoms with Crippen molar-refractivity contribution in [2.24, 2.45) is 5.92 Å². The van der Waals surface area contributed by atoms with Crippen molar-refractivity contribution in [2.45, 2.75) is 24.3 Å². The van der Waals surface area contributed by atoms with Gasteiger partial charge in [-0.1, -0.05) is 18.2 Å². The summed E-state index contributed by atoms with van der Waals surface area (Å²) in [6.45, 7) is 1.32. The van der Waals surface area contributed by atoms with E-state index in [1.165, 1.54) is 4.31 Å². The van der Waals surface area contributed by atoms with E-state index in [2.05, 4.69) is 0 Å². The molecule has 112 valence electrons. The van der Waals surface area contributed by atoms with E-state index in [1.807, 2.05) is 0 Å². The molecule has 0 aliphatic carbocycles. The Kier molecular flexibility index (Phi) is 5.15. The van der Waals surface area contributed by atoms with Crippen LogP contribution in [-0.4, -0.2) is 44.6 Å². The molecule has 20 heavy (non-hydrogen) atoms. The third kappa shape index (κ3) is 3.20. The highest BCUT2D eigenvalue weighted by molar-refractivity contribution is 7.89. The maximum absolute atomic E-state index is 12.7. The van der Waals surface area contributed by atoms with Crippen LogP contribution in [0, 0.1) is 5.92 Å². The maximum atomic E-state index is 12.7. The number of aliphatic hydroxyl groups excluding tert-OH is 1. The number of benzene rings is 1. The fourth-order valence-corrected chi connectivity index (χ4v) is 4.41. The van der Waals surface area contributed by atoms with Crippen LogP contribution in [0.25, 0.3) is 0 Å². The van der Waals surface area contributed by atoms with Crippen LogP contribution in [0.1, 0.15) is 18.4 Å². The fraction of sp³-hybridized carbons (Fsp3) is 0.571. The Labute approximate surface area is 120 Å². The average molecular weight is 299 g/mol. The summed E-state index contributed by atoms with van der Waals surface area (Å²) >= 11 is 0. The molecule has 0 radical (unpaired) electrons.